The number of hydrogen-bond donors (Lipinski definition) is 1. The number of carbonyl (C=O) groups is 2. The third kappa shape index (κ3) is 6.17. The first-order valence-corrected chi connectivity index (χ1v) is 11.3. The van der Waals surface area contributed by atoms with Gasteiger partial charge in [-0.15, -0.1) is 0 Å². The lowest BCUT2D eigenvalue weighted by molar-refractivity contribution is -0.139. The molecule has 1 N–H and O–H groups in total. The number of carbonyl (C=O) groups excluding carboxylic acids is 2. The summed E-state index contributed by atoms with van der Waals surface area (Å²) in [5, 5.41) is 2.46. The third-order valence-corrected chi connectivity index (χ3v) is 5.89. The number of ether oxygens (including phenoxy) is 1. The van der Waals surface area contributed by atoms with Crippen LogP contribution in [0.5, 0.6) is 5.75 Å². The van der Waals surface area contributed by atoms with Gasteiger partial charge in [0, 0.05) is 19.2 Å². The maximum atomic E-state index is 14.2. The number of halogens is 1. The largest absolute Gasteiger partial charge is 0.497 e. The highest BCUT2D eigenvalue weighted by Gasteiger charge is 2.30. The molecule has 8 nitrogen and oxygen atoms in total. The van der Waals surface area contributed by atoms with Gasteiger partial charge in [0.1, 0.15) is 24.2 Å². The SMILES string of the molecule is CNC(=O)[C@@H](C)N(Cc1ccccc1F)C(=O)CN(c1ccc(OC)cc1)S(C)(=O)=O. The molecule has 2 aromatic carbocycles. The molecule has 0 fully saturated rings. The first kappa shape index (κ1) is 24.1. The third-order valence-electron chi connectivity index (χ3n) is 4.75. The molecule has 168 valence electrons. The molecule has 0 radical (unpaired) electrons. The predicted octanol–water partition coefficient (Wildman–Crippen LogP) is 1.76. The summed E-state index contributed by atoms with van der Waals surface area (Å²) in [5.41, 5.74) is 0.469. The molecule has 0 spiro atoms. The Hall–Kier alpha value is -3.14. The zero-order chi connectivity index (χ0) is 23.2. The Morgan fingerprint density at radius 2 is 1.74 bits per heavy atom. The molecule has 0 saturated heterocycles. The summed E-state index contributed by atoms with van der Waals surface area (Å²) in [4.78, 5) is 26.5. The van der Waals surface area contributed by atoms with Gasteiger partial charge in [-0.2, -0.15) is 0 Å². The van der Waals surface area contributed by atoms with Crippen LogP contribution >= 0.6 is 0 Å². The van der Waals surface area contributed by atoms with Crippen LogP contribution in [0.2, 0.25) is 0 Å². The van der Waals surface area contributed by atoms with E-state index in [0.29, 0.717) is 5.75 Å². The van der Waals surface area contributed by atoms with Crippen LogP contribution in [0.1, 0.15) is 12.5 Å². The van der Waals surface area contributed by atoms with E-state index < -0.39 is 40.2 Å². The number of sulfonamides is 1. The highest BCUT2D eigenvalue weighted by atomic mass is 32.2. The van der Waals surface area contributed by atoms with Gasteiger partial charge < -0.3 is 15.0 Å². The van der Waals surface area contributed by atoms with E-state index in [1.54, 1.807) is 18.2 Å². The van der Waals surface area contributed by atoms with E-state index in [2.05, 4.69) is 5.32 Å². The fourth-order valence-corrected chi connectivity index (χ4v) is 3.81. The van der Waals surface area contributed by atoms with Crippen molar-refractivity contribution in [3.8, 4) is 5.75 Å². The highest BCUT2D eigenvalue weighted by Crippen LogP contribution is 2.22. The van der Waals surface area contributed by atoms with Crippen LogP contribution in [-0.2, 0) is 26.2 Å². The van der Waals surface area contributed by atoms with Crippen molar-refractivity contribution < 1.29 is 27.1 Å². The number of rotatable bonds is 9. The fraction of sp³-hybridized carbons (Fsp3) is 0.333. The van der Waals surface area contributed by atoms with Gasteiger partial charge in [-0.1, -0.05) is 18.2 Å². The standard InChI is InChI=1S/C21H26FN3O5S/c1-15(21(27)23-2)24(13-16-7-5-6-8-19(16)22)20(26)14-25(31(4,28)29)17-9-11-18(30-3)12-10-17/h5-12,15H,13-14H2,1-4H3,(H,23,27)/t15-/m1/s1. The van der Waals surface area contributed by atoms with E-state index in [0.717, 1.165) is 15.5 Å². The van der Waals surface area contributed by atoms with Crippen LogP contribution in [0.4, 0.5) is 10.1 Å². The van der Waals surface area contributed by atoms with Crippen LogP contribution < -0.4 is 14.4 Å². The van der Waals surface area contributed by atoms with Crippen molar-refractivity contribution in [2.75, 3.05) is 31.3 Å². The quantitative estimate of drug-likeness (QED) is 0.627. The van der Waals surface area contributed by atoms with Crippen molar-refractivity contribution in [3.05, 3.63) is 59.9 Å². The minimum atomic E-state index is -3.83. The van der Waals surface area contributed by atoms with Crippen LogP contribution in [0.15, 0.2) is 48.5 Å². The molecule has 0 saturated carbocycles. The molecule has 0 aliphatic rings. The summed E-state index contributed by atoms with van der Waals surface area (Å²) in [7, 11) is -0.927. The second-order valence-corrected chi connectivity index (χ2v) is 8.78. The summed E-state index contributed by atoms with van der Waals surface area (Å²) >= 11 is 0. The number of amides is 2. The van der Waals surface area contributed by atoms with E-state index in [-0.39, 0.29) is 17.8 Å². The number of benzene rings is 2. The van der Waals surface area contributed by atoms with Gasteiger partial charge in [0.15, 0.2) is 0 Å². The van der Waals surface area contributed by atoms with Gasteiger partial charge in [0.05, 0.1) is 19.1 Å². The summed E-state index contributed by atoms with van der Waals surface area (Å²) in [6, 6.07) is 11.1. The molecular weight excluding hydrogens is 425 g/mol. The van der Waals surface area contributed by atoms with E-state index >= 15 is 0 Å². The first-order chi connectivity index (χ1) is 14.6. The van der Waals surface area contributed by atoms with E-state index in [1.165, 1.54) is 51.4 Å². The first-order valence-electron chi connectivity index (χ1n) is 9.44. The number of nitrogens with one attached hydrogen (secondary N) is 1. The molecule has 2 amide bonds. The van der Waals surface area contributed by atoms with Crippen LogP contribution in [0.25, 0.3) is 0 Å². The second-order valence-electron chi connectivity index (χ2n) is 6.87. The Morgan fingerprint density at radius 1 is 1.13 bits per heavy atom. The fourth-order valence-electron chi connectivity index (χ4n) is 2.96. The molecule has 0 aliphatic carbocycles. The maximum absolute atomic E-state index is 14.2. The minimum absolute atomic E-state index is 0.194. The average molecular weight is 452 g/mol. The minimum Gasteiger partial charge on any atom is -0.497 e. The van der Waals surface area contributed by atoms with Gasteiger partial charge in [-0.3, -0.25) is 13.9 Å². The van der Waals surface area contributed by atoms with Gasteiger partial charge in [0.25, 0.3) is 0 Å². The van der Waals surface area contributed by atoms with Crippen molar-refractivity contribution in [3.63, 3.8) is 0 Å². The Morgan fingerprint density at radius 3 is 2.26 bits per heavy atom. The Kier molecular flexibility index (Phi) is 7.98. The lowest BCUT2D eigenvalue weighted by Crippen LogP contribution is -2.50. The van der Waals surface area contributed by atoms with Crippen molar-refractivity contribution in [2.24, 2.45) is 0 Å². The molecule has 31 heavy (non-hydrogen) atoms. The molecule has 10 heteroatoms. The van der Waals surface area contributed by atoms with Crippen molar-refractivity contribution in [1.29, 1.82) is 0 Å². The number of methoxy groups -OCH3 is 1. The lowest BCUT2D eigenvalue weighted by Gasteiger charge is -2.31. The zero-order valence-electron chi connectivity index (χ0n) is 17.8. The summed E-state index contributed by atoms with van der Waals surface area (Å²) in [6.07, 6.45) is 0.980. The average Bonchev–Trinajstić information content (AvgIpc) is 2.75. The Bertz CT molecular complexity index is 1030. The lowest BCUT2D eigenvalue weighted by atomic mass is 10.1. The predicted molar refractivity (Wildman–Crippen MR) is 116 cm³/mol. The van der Waals surface area contributed by atoms with Gasteiger partial charge in [-0.05, 0) is 37.3 Å². The summed E-state index contributed by atoms with van der Waals surface area (Å²) < 4.78 is 45.0. The van der Waals surface area contributed by atoms with Crippen molar-refractivity contribution in [2.45, 2.75) is 19.5 Å². The molecule has 2 rings (SSSR count). The molecule has 0 aliphatic heterocycles. The summed E-state index contributed by atoms with van der Waals surface area (Å²) in [5.74, 6) is -1.11. The second kappa shape index (κ2) is 10.3. The molecule has 1 atom stereocenters. The molecule has 0 heterocycles. The van der Waals surface area contributed by atoms with Gasteiger partial charge in [-0.25, -0.2) is 12.8 Å². The number of likely N-dealkylation sites (N-methyl/N-ethyl adjacent to an activating group) is 1. The van der Waals surface area contributed by atoms with E-state index in [4.69, 9.17) is 4.74 Å². The van der Waals surface area contributed by atoms with E-state index in [9.17, 15) is 22.4 Å². The summed E-state index contributed by atoms with van der Waals surface area (Å²) in [6.45, 7) is 0.747. The monoisotopic (exact) mass is 451 g/mol. The van der Waals surface area contributed by atoms with Crippen LogP contribution in [0.3, 0.4) is 0 Å². The van der Waals surface area contributed by atoms with Gasteiger partial charge >= 0.3 is 0 Å². The molecule has 2 aromatic rings. The normalized spacial score (nSPS) is 12.0. The molecular formula is C21H26FN3O5S. The number of hydrogen-bond acceptors (Lipinski definition) is 5. The van der Waals surface area contributed by atoms with Crippen LogP contribution in [0, 0.1) is 5.82 Å². The van der Waals surface area contributed by atoms with Crippen LogP contribution in [-0.4, -0.2) is 58.1 Å². The van der Waals surface area contributed by atoms with Crippen molar-refractivity contribution in [1.82, 2.24) is 10.2 Å². The topological polar surface area (TPSA) is 96.0 Å². The zero-order valence-corrected chi connectivity index (χ0v) is 18.6. The maximum Gasteiger partial charge on any atom is 0.244 e. The smallest absolute Gasteiger partial charge is 0.244 e. The number of anilines is 1. The Balaban J connectivity index is 2.38. The van der Waals surface area contributed by atoms with Crippen molar-refractivity contribution >= 4 is 27.5 Å². The van der Waals surface area contributed by atoms with E-state index in [1.807, 2.05) is 0 Å². The Labute approximate surface area is 181 Å². The molecule has 0 aromatic heterocycles. The highest BCUT2D eigenvalue weighted by molar-refractivity contribution is 7.92. The molecule has 0 bridgehead atoms. The molecule has 0 unspecified atom stereocenters. The number of nitrogens with zero attached hydrogens (tertiary/aromatic N) is 2. The van der Waals surface area contributed by atoms with Gasteiger partial charge in [0.2, 0.25) is 21.8 Å².